The molecule has 1 aromatic heterocycles. The molecule has 0 saturated carbocycles. The van der Waals surface area contributed by atoms with Crippen LogP contribution in [0.2, 0.25) is 0 Å². The van der Waals surface area contributed by atoms with Crippen LogP contribution in [0.25, 0.3) is 0 Å². The van der Waals surface area contributed by atoms with Crippen molar-refractivity contribution < 1.29 is 9.32 Å². The molecule has 0 aliphatic carbocycles. The number of hydrogen-bond donors (Lipinski definition) is 1. The molecule has 25 heavy (non-hydrogen) atoms. The Balaban J connectivity index is 3.04. The first-order chi connectivity index (χ1) is 11.6. The van der Waals surface area contributed by atoms with Crippen molar-refractivity contribution in [2.24, 2.45) is 0 Å². The molecular weight excluding hydrogens is 314 g/mol. The molecule has 5 heteroatoms. The van der Waals surface area contributed by atoms with E-state index in [9.17, 15) is 4.79 Å². The number of amides is 1. The number of hydrogen-bond acceptors (Lipinski definition) is 4. The topological polar surface area (TPSA) is 58.4 Å². The van der Waals surface area contributed by atoms with E-state index in [1.54, 1.807) is 0 Å². The maximum absolute atomic E-state index is 12.8. The quantitative estimate of drug-likeness (QED) is 0.681. The van der Waals surface area contributed by atoms with E-state index in [1.165, 1.54) is 0 Å². The minimum absolute atomic E-state index is 0.141. The molecule has 1 amide bonds. The third-order valence-corrected chi connectivity index (χ3v) is 5.76. The molecule has 1 N–H and O–H groups in total. The second-order valence-electron chi connectivity index (χ2n) is 7.81. The number of carbonyl (C=O) groups excluding carboxylic acids is 1. The van der Waals surface area contributed by atoms with Crippen molar-refractivity contribution in [2.75, 3.05) is 13.6 Å². The lowest BCUT2D eigenvalue weighted by atomic mass is 9.76. The van der Waals surface area contributed by atoms with Crippen LogP contribution in [0.4, 0.5) is 0 Å². The lowest BCUT2D eigenvalue weighted by Crippen LogP contribution is -2.66. The molecule has 1 aromatic rings. The van der Waals surface area contributed by atoms with E-state index in [4.69, 9.17) is 4.52 Å². The average molecular weight is 352 g/mol. The standard InChI is InChI=1S/C20H37N3O2/c1-9-12-14-23(8)20(7,13-10-2)19(5,6)21-18(24)17-15(4)16(11-3)25-22-17/h9-14H2,1-8H3,(H,21,24). The summed E-state index contributed by atoms with van der Waals surface area (Å²) in [6.45, 7) is 15.8. The van der Waals surface area contributed by atoms with Gasteiger partial charge < -0.3 is 9.84 Å². The zero-order chi connectivity index (χ0) is 19.3. The lowest BCUT2D eigenvalue weighted by Gasteiger charge is -2.50. The molecule has 1 heterocycles. The molecule has 0 radical (unpaired) electrons. The number of nitrogens with one attached hydrogen (secondary N) is 1. The van der Waals surface area contributed by atoms with Gasteiger partial charge in [-0.3, -0.25) is 9.69 Å². The fourth-order valence-electron chi connectivity index (χ4n) is 3.50. The van der Waals surface area contributed by atoms with Gasteiger partial charge in [0.1, 0.15) is 5.76 Å². The highest BCUT2D eigenvalue weighted by Crippen LogP contribution is 2.33. The molecule has 1 atom stereocenters. The van der Waals surface area contributed by atoms with Crippen molar-refractivity contribution in [2.45, 2.75) is 91.6 Å². The average Bonchev–Trinajstić information content (AvgIpc) is 2.92. The van der Waals surface area contributed by atoms with Gasteiger partial charge in [-0.25, -0.2) is 0 Å². The molecule has 144 valence electrons. The van der Waals surface area contributed by atoms with Crippen LogP contribution in [0.1, 0.15) is 89.0 Å². The van der Waals surface area contributed by atoms with Crippen LogP contribution in [0.3, 0.4) is 0 Å². The highest BCUT2D eigenvalue weighted by molar-refractivity contribution is 5.94. The van der Waals surface area contributed by atoms with Gasteiger partial charge in [-0.2, -0.15) is 0 Å². The maximum Gasteiger partial charge on any atom is 0.274 e. The molecule has 0 aliphatic rings. The van der Waals surface area contributed by atoms with Gasteiger partial charge in [0.05, 0.1) is 5.54 Å². The first-order valence-electron chi connectivity index (χ1n) is 9.63. The van der Waals surface area contributed by atoms with E-state index in [2.05, 4.69) is 57.0 Å². The van der Waals surface area contributed by atoms with Crippen molar-refractivity contribution >= 4 is 5.91 Å². The van der Waals surface area contributed by atoms with Crippen molar-refractivity contribution in [3.8, 4) is 0 Å². The number of aromatic nitrogens is 1. The maximum atomic E-state index is 12.8. The van der Waals surface area contributed by atoms with Gasteiger partial charge in [-0.05, 0) is 54.1 Å². The number of likely N-dealkylation sites (N-methyl/N-ethyl adjacent to an activating group) is 1. The van der Waals surface area contributed by atoms with Crippen LogP contribution in [0.15, 0.2) is 4.52 Å². The normalized spacial score (nSPS) is 14.6. The van der Waals surface area contributed by atoms with Crippen LogP contribution < -0.4 is 5.32 Å². The summed E-state index contributed by atoms with van der Waals surface area (Å²) in [5.41, 5.74) is 0.699. The number of aryl methyl sites for hydroxylation is 1. The van der Waals surface area contributed by atoms with E-state index in [0.29, 0.717) is 5.69 Å². The summed E-state index contributed by atoms with van der Waals surface area (Å²) in [5, 5.41) is 7.22. The van der Waals surface area contributed by atoms with E-state index in [1.807, 2.05) is 13.8 Å². The predicted molar refractivity (Wildman–Crippen MR) is 103 cm³/mol. The summed E-state index contributed by atoms with van der Waals surface area (Å²) in [6, 6.07) is 0. The number of rotatable bonds is 10. The number of carbonyl (C=O) groups is 1. The van der Waals surface area contributed by atoms with Crippen LogP contribution in [-0.2, 0) is 6.42 Å². The third kappa shape index (κ3) is 4.63. The SMILES string of the molecule is CCCCN(C)C(C)(CCC)C(C)(C)NC(=O)c1noc(CC)c1C. The fourth-order valence-corrected chi connectivity index (χ4v) is 3.50. The van der Waals surface area contributed by atoms with E-state index in [-0.39, 0.29) is 11.4 Å². The first-order valence-corrected chi connectivity index (χ1v) is 9.63. The smallest absolute Gasteiger partial charge is 0.274 e. The molecule has 0 bridgehead atoms. The molecule has 0 aliphatic heterocycles. The van der Waals surface area contributed by atoms with E-state index < -0.39 is 5.54 Å². The number of nitrogens with zero attached hydrogens (tertiary/aromatic N) is 2. The third-order valence-electron chi connectivity index (χ3n) is 5.76. The Bertz CT molecular complexity index is 565. The zero-order valence-corrected chi connectivity index (χ0v) is 17.5. The highest BCUT2D eigenvalue weighted by atomic mass is 16.5. The molecule has 5 nitrogen and oxygen atoms in total. The largest absolute Gasteiger partial charge is 0.360 e. The Morgan fingerprint density at radius 2 is 1.84 bits per heavy atom. The molecule has 1 rings (SSSR count). The number of unbranched alkanes of at least 4 members (excludes halogenated alkanes) is 1. The Morgan fingerprint density at radius 3 is 2.32 bits per heavy atom. The summed E-state index contributed by atoms with van der Waals surface area (Å²) in [7, 11) is 2.16. The van der Waals surface area contributed by atoms with Crippen LogP contribution in [0.5, 0.6) is 0 Å². The Kier molecular flexibility index (Phi) is 7.66. The van der Waals surface area contributed by atoms with Gasteiger partial charge in [-0.1, -0.05) is 38.8 Å². The van der Waals surface area contributed by atoms with Crippen LogP contribution in [0, 0.1) is 6.92 Å². The summed E-state index contributed by atoms with van der Waals surface area (Å²) in [6.07, 6.45) is 5.13. The summed E-state index contributed by atoms with van der Waals surface area (Å²) >= 11 is 0. The van der Waals surface area contributed by atoms with E-state index in [0.717, 1.165) is 50.0 Å². The molecule has 0 fully saturated rings. The second-order valence-corrected chi connectivity index (χ2v) is 7.81. The summed E-state index contributed by atoms with van der Waals surface area (Å²) in [5.74, 6) is 0.622. The fraction of sp³-hybridized carbons (Fsp3) is 0.800. The van der Waals surface area contributed by atoms with Gasteiger partial charge in [0.2, 0.25) is 0 Å². The summed E-state index contributed by atoms with van der Waals surface area (Å²) < 4.78 is 5.29. The molecular formula is C20H37N3O2. The van der Waals surface area contributed by atoms with Gasteiger partial charge in [0.25, 0.3) is 5.91 Å². The van der Waals surface area contributed by atoms with Gasteiger partial charge in [0, 0.05) is 17.5 Å². The molecule has 0 aromatic carbocycles. The van der Waals surface area contributed by atoms with Gasteiger partial charge >= 0.3 is 0 Å². The predicted octanol–water partition coefficient (Wildman–Crippen LogP) is 4.34. The second kappa shape index (κ2) is 8.84. The van der Waals surface area contributed by atoms with Gasteiger partial charge in [0.15, 0.2) is 5.69 Å². The molecule has 0 spiro atoms. The summed E-state index contributed by atoms with van der Waals surface area (Å²) in [4.78, 5) is 15.2. The highest BCUT2D eigenvalue weighted by Gasteiger charge is 2.44. The van der Waals surface area contributed by atoms with Crippen molar-refractivity contribution in [3.63, 3.8) is 0 Å². The van der Waals surface area contributed by atoms with Gasteiger partial charge in [-0.15, -0.1) is 0 Å². The van der Waals surface area contributed by atoms with Crippen molar-refractivity contribution in [1.82, 2.24) is 15.4 Å². The Hall–Kier alpha value is -1.36. The first kappa shape index (κ1) is 21.7. The Labute approximate surface area is 153 Å². The monoisotopic (exact) mass is 351 g/mol. The molecule has 0 saturated heterocycles. The molecule has 1 unspecified atom stereocenters. The van der Waals surface area contributed by atoms with Crippen molar-refractivity contribution in [3.05, 3.63) is 17.0 Å². The lowest BCUT2D eigenvalue weighted by molar-refractivity contribution is 0.0327. The Morgan fingerprint density at radius 1 is 1.20 bits per heavy atom. The minimum Gasteiger partial charge on any atom is -0.360 e. The van der Waals surface area contributed by atoms with Crippen molar-refractivity contribution in [1.29, 1.82) is 0 Å². The van der Waals surface area contributed by atoms with Crippen LogP contribution in [-0.4, -0.2) is 40.6 Å². The van der Waals surface area contributed by atoms with Crippen LogP contribution >= 0.6 is 0 Å². The minimum atomic E-state index is -0.402. The zero-order valence-electron chi connectivity index (χ0n) is 17.5. The van der Waals surface area contributed by atoms with E-state index >= 15 is 0 Å².